The molecule has 1 N–H and O–H groups in total. The van der Waals surface area contributed by atoms with E-state index in [0.717, 1.165) is 12.1 Å². The molecule has 2 heteroatoms. The fourth-order valence-electron chi connectivity index (χ4n) is 1.81. The van der Waals surface area contributed by atoms with Crippen molar-refractivity contribution < 1.29 is 0 Å². The van der Waals surface area contributed by atoms with Crippen molar-refractivity contribution in [2.45, 2.75) is 51.7 Å². The van der Waals surface area contributed by atoms with Gasteiger partial charge in [0.15, 0.2) is 0 Å². The summed E-state index contributed by atoms with van der Waals surface area (Å²) in [6.07, 6.45) is 2.67. The Balaban J connectivity index is 2.11. The molecule has 0 spiro atoms. The molecule has 0 aromatic rings. The molecule has 0 aliphatic heterocycles. The molecule has 1 rings (SSSR count). The van der Waals surface area contributed by atoms with E-state index in [9.17, 15) is 0 Å². The van der Waals surface area contributed by atoms with Crippen LogP contribution < -0.4 is 5.32 Å². The first-order valence-electron chi connectivity index (χ1n) is 5.09. The lowest BCUT2D eigenvalue weighted by atomic mass is 9.85. The lowest BCUT2D eigenvalue weighted by molar-refractivity contribution is 0.122. The molecule has 0 saturated heterocycles. The molecule has 72 valence electrons. The van der Waals surface area contributed by atoms with Crippen LogP contribution in [0.25, 0.3) is 0 Å². The van der Waals surface area contributed by atoms with Gasteiger partial charge >= 0.3 is 0 Å². The lowest BCUT2D eigenvalue weighted by Crippen LogP contribution is -2.52. The highest BCUT2D eigenvalue weighted by Gasteiger charge is 2.31. The van der Waals surface area contributed by atoms with Crippen LogP contribution in [0, 0.1) is 0 Å². The molecule has 0 amide bonds. The molecule has 0 bridgehead atoms. The highest BCUT2D eigenvalue weighted by Crippen LogP contribution is 2.24. The van der Waals surface area contributed by atoms with Gasteiger partial charge in [0.2, 0.25) is 0 Å². The molecular weight excluding hydrogens is 148 g/mol. The second-order valence-electron chi connectivity index (χ2n) is 4.22. The largest absolute Gasteiger partial charge is 0.312 e. The van der Waals surface area contributed by atoms with Crippen molar-refractivity contribution >= 4 is 0 Å². The Labute approximate surface area is 76.3 Å². The number of hydrogen-bond donors (Lipinski definition) is 1. The zero-order valence-electron chi connectivity index (χ0n) is 8.80. The van der Waals surface area contributed by atoms with Crippen molar-refractivity contribution in [2.24, 2.45) is 0 Å². The monoisotopic (exact) mass is 170 g/mol. The first-order chi connectivity index (χ1) is 5.63. The Hall–Kier alpha value is -0.0800. The van der Waals surface area contributed by atoms with Crippen LogP contribution in [-0.2, 0) is 0 Å². The maximum atomic E-state index is 3.56. The van der Waals surface area contributed by atoms with Crippen molar-refractivity contribution in [3.8, 4) is 0 Å². The van der Waals surface area contributed by atoms with Crippen molar-refractivity contribution in [1.82, 2.24) is 10.2 Å². The van der Waals surface area contributed by atoms with Gasteiger partial charge in [0.05, 0.1) is 0 Å². The Morgan fingerprint density at radius 2 is 2.00 bits per heavy atom. The maximum absolute atomic E-state index is 3.56. The first-order valence-corrected chi connectivity index (χ1v) is 5.09. The molecule has 0 heterocycles. The summed E-state index contributed by atoms with van der Waals surface area (Å²) in [5.41, 5.74) is 0. The molecule has 0 aromatic heterocycles. The molecule has 1 aliphatic carbocycles. The molecule has 0 atom stereocenters. The summed E-state index contributed by atoms with van der Waals surface area (Å²) < 4.78 is 0. The van der Waals surface area contributed by atoms with Gasteiger partial charge in [-0.2, -0.15) is 0 Å². The molecule has 0 radical (unpaired) electrons. The minimum absolute atomic E-state index is 0.642. The maximum Gasteiger partial charge on any atom is 0.0122 e. The fraction of sp³-hybridized carbons (Fsp3) is 1.00. The van der Waals surface area contributed by atoms with E-state index in [-0.39, 0.29) is 0 Å². The summed E-state index contributed by atoms with van der Waals surface area (Å²) in [4.78, 5) is 2.44. The van der Waals surface area contributed by atoms with Crippen LogP contribution >= 0.6 is 0 Å². The fourth-order valence-corrected chi connectivity index (χ4v) is 1.81. The van der Waals surface area contributed by atoms with E-state index >= 15 is 0 Å². The van der Waals surface area contributed by atoms with Crippen LogP contribution in [0.15, 0.2) is 0 Å². The van der Waals surface area contributed by atoms with E-state index in [0.29, 0.717) is 6.04 Å². The van der Waals surface area contributed by atoms with Crippen molar-refractivity contribution in [1.29, 1.82) is 0 Å². The minimum Gasteiger partial charge on any atom is -0.312 e. The van der Waals surface area contributed by atoms with Gasteiger partial charge in [-0.3, -0.25) is 0 Å². The van der Waals surface area contributed by atoms with Gasteiger partial charge in [-0.1, -0.05) is 20.8 Å². The minimum atomic E-state index is 0.642. The third kappa shape index (κ3) is 2.46. The summed E-state index contributed by atoms with van der Waals surface area (Å²) in [6, 6.07) is 2.26. The predicted octanol–water partition coefficient (Wildman–Crippen LogP) is 1.47. The van der Waals surface area contributed by atoms with Crippen molar-refractivity contribution in [2.75, 3.05) is 13.6 Å². The molecule has 0 unspecified atom stereocenters. The highest BCUT2D eigenvalue weighted by molar-refractivity contribution is 4.91. The summed E-state index contributed by atoms with van der Waals surface area (Å²) in [7, 11) is 2.22. The van der Waals surface area contributed by atoms with Crippen LogP contribution in [0.2, 0.25) is 0 Å². The molecule has 1 aliphatic rings. The molecule has 12 heavy (non-hydrogen) atoms. The van der Waals surface area contributed by atoms with E-state index in [1.165, 1.54) is 19.4 Å². The molecule has 1 saturated carbocycles. The Morgan fingerprint density at radius 1 is 1.42 bits per heavy atom. The first kappa shape index (κ1) is 10.0. The predicted molar refractivity (Wildman–Crippen MR) is 53.4 cm³/mol. The van der Waals surface area contributed by atoms with Crippen molar-refractivity contribution in [3.05, 3.63) is 0 Å². The van der Waals surface area contributed by atoms with Gasteiger partial charge < -0.3 is 10.2 Å². The zero-order valence-corrected chi connectivity index (χ0v) is 8.80. The summed E-state index contributed by atoms with van der Waals surface area (Å²) >= 11 is 0. The van der Waals surface area contributed by atoms with Crippen LogP contribution in [0.1, 0.15) is 33.6 Å². The van der Waals surface area contributed by atoms with Crippen LogP contribution in [0.3, 0.4) is 0 Å². The van der Waals surface area contributed by atoms with E-state index in [4.69, 9.17) is 0 Å². The number of nitrogens with one attached hydrogen (secondary N) is 1. The van der Waals surface area contributed by atoms with Gasteiger partial charge in [-0.05, 0) is 26.4 Å². The summed E-state index contributed by atoms with van der Waals surface area (Å²) in [5.74, 6) is 0. The average molecular weight is 170 g/mol. The number of rotatable bonds is 4. The standard InChI is InChI=1S/C10H22N2/c1-5-12(4)10-6-9(7-10)11-8(2)3/h8-11H,5-7H2,1-4H3. The van der Waals surface area contributed by atoms with Crippen LogP contribution in [0.4, 0.5) is 0 Å². The van der Waals surface area contributed by atoms with Crippen molar-refractivity contribution in [3.63, 3.8) is 0 Å². The third-order valence-electron chi connectivity index (χ3n) is 2.80. The molecule has 0 aromatic carbocycles. The highest BCUT2D eigenvalue weighted by atomic mass is 15.2. The zero-order chi connectivity index (χ0) is 9.14. The topological polar surface area (TPSA) is 15.3 Å². The van der Waals surface area contributed by atoms with Crippen LogP contribution in [0.5, 0.6) is 0 Å². The van der Waals surface area contributed by atoms with Gasteiger partial charge in [0.1, 0.15) is 0 Å². The van der Waals surface area contributed by atoms with Gasteiger partial charge in [-0.25, -0.2) is 0 Å². The molecule has 1 fully saturated rings. The van der Waals surface area contributed by atoms with E-state index in [1.807, 2.05) is 0 Å². The van der Waals surface area contributed by atoms with Crippen LogP contribution in [-0.4, -0.2) is 36.6 Å². The van der Waals surface area contributed by atoms with Gasteiger partial charge in [0, 0.05) is 18.1 Å². The Kier molecular flexibility index (Phi) is 3.53. The summed E-state index contributed by atoms with van der Waals surface area (Å²) in [5, 5.41) is 3.56. The number of nitrogens with zero attached hydrogens (tertiary/aromatic N) is 1. The quantitative estimate of drug-likeness (QED) is 0.687. The van der Waals surface area contributed by atoms with E-state index < -0.39 is 0 Å². The average Bonchev–Trinajstić information content (AvgIpc) is 1.94. The van der Waals surface area contributed by atoms with E-state index in [1.54, 1.807) is 0 Å². The normalized spacial score (nSPS) is 29.5. The van der Waals surface area contributed by atoms with Gasteiger partial charge in [0.25, 0.3) is 0 Å². The molecule has 2 nitrogen and oxygen atoms in total. The third-order valence-corrected chi connectivity index (χ3v) is 2.80. The second-order valence-corrected chi connectivity index (χ2v) is 4.22. The number of hydrogen-bond acceptors (Lipinski definition) is 2. The second kappa shape index (κ2) is 4.24. The SMILES string of the molecule is CCN(C)C1CC(NC(C)C)C1. The lowest BCUT2D eigenvalue weighted by Gasteiger charge is -2.42. The molecular formula is C10H22N2. The Bertz CT molecular complexity index is 128. The Morgan fingerprint density at radius 3 is 2.42 bits per heavy atom. The smallest absolute Gasteiger partial charge is 0.0122 e. The van der Waals surface area contributed by atoms with Gasteiger partial charge in [-0.15, -0.1) is 0 Å². The summed E-state index contributed by atoms with van der Waals surface area (Å²) in [6.45, 7) is 7.84. The van der Waals surface area contributed by atoms with E-state index in [2.05, 4.69) is 38.0 Å².